The minimum Gasteiger partial charge on any atom is -0.380 e. The normalized spacial score (nSPS) is 22.8. The van der Waals surface area contributed by atoms with E-state index in [9.17, 15) is 14.0 Å². The van der Waals surface area contributed by atoms with Crippen molar-refractivity contribution in [2.24, 2.45) is 11.3 Å². The molecule has 1 aliphatic carbocycles. The molecule has 3 saturated heterocycles. The van der Waals surface area contributed by atoms with Gasteiger partial charge in [-0.05, 0) is 49.9 Å². The number of hydrogen-bond acceptors (Lipinski definition) is 8. The molecule has 11 nitrogen and oxygen atoms in total. The molecule has 4 aliphatic rings. The van der Waals surface area contributed by atoms with Crippen LogP contribution in [0.2, 0.25) is 0 Å². The van der Waals surface area contributed by atoms with E-state index >= 15 is 0 Å². The number of carbonyl (C=O) groups excluding carboxylic acids is 2. The molecular formula is C31H32FN7O4. The molecule has 0 bridgehead atoms. The highest BCUT2D eigenvalue weighted by Gasteiger charge is 2.49. The molecule has 4 aromatic rings. The molecule has 0 unspecified atom stereocenters. The molecule has 4 fully saturated rings. The third-order valence-electron chi connectivity index (χ3n) is 9.36. The molecule has 1 spiro atoms. The van der Waals surface area contributed by atoms with Crippen LogP contribution in [0.25, 0.3) is 16.9 Å². The summed E-state index contributed by atoms with van der Waals surface area (Å²) in [5.74, 6) is 0.230. The number of halogens is 1. The number of aromatic nitrogens is 4. The molecule has 2 amide bonds. The summed E-state index contributed by atoms with van der Waals surface area (Å²) in [4.78, 5) is 34.5. The number of likely N-dealkylation sites (tertiary alicyclic amines) is 1. The summed E-state index contributed by atoms with van der Waals surface area (Å²) in [5, 5.41) is 11.7. The van der Waals surface area contributed by atoms with Crippen LogP contribution in [0.15, 0.2) is 47.2 Å². The maximum absolute atomic E-state index is 13.5. The largest absolute Gasteiger partial charge is 0.380 e. The van der Waals surface area contributed by atoms with Crippen LogP contribution in [-0.4, -0.2) is 82.0 Å². The quantitative estimate of drug-likeness (QED) is 0.363. The summed E-state index contributed by atoms with van der Waals surface area (Å²) in [6.45, 7) is 6.61. The SMILES string of the molecule is Cc1ccc(-c2noc(C3CCN(C(=O)[C@H]4C[C@@H]4F)CC3)n2)cc1NC(=O)c1cnn2ccc(N3CC4(COC4)C3)cc12. The van der Waals surface area contributed by atoms with Crippen molar-refractivity contribution in [3.8, 4) is 11.4 Å². The third-order valence-corrected chi connectivity index (χ3v) is 9.36. The van der Waals surface area contributed by atoms with Gasteiger partial charge in [-0.1, -0.05) is 17.3 Å². The molecule has 43 heavy (non-hydrogen) atoms. The second-order valence-electron chi connectivity index (χ2n) is 12.5. The van der Waals surface area contributed by atoms with Gasteiger partial charge in [0.1, 0.15) is 6.17 Å². The Labute approximate surface area is 247 Å². The number of amides is 2. The number of pyridine rings is 1. The summed E-state index contributed by atoms with van der Waals surface area (Å²) in [6.07, 6.45) is 4.24. The van der Waals surface area contributed by atoms with Crippen molar-refractivity contribution in [2.75, 3.05) is 49.6 Å². The van der Waals surface area contributed by atoms with Gasteiger partial charge < -0.3 is 24.4 Å². The number of fused-ring (bicyclic) bond motifs is 1. The fourth-order valence-corrected chi connectivity index (χ4v) is 6.47. The van der Waals surface area contributed by atoms with E-state index in [-0.39, 0.29) is 17.7 Å². The van der Waals surface area contributed by atoms with Crippen LogP contribution < -0.4 is 10.2 Å². The van der Waals surface area contributed by atoms with Crippen molar-refractivity contribution < 1.29 is 23.2 Å². The monoisotopic (exact) mass is 585 g/mol. The lowest BCUT2D eigenvalue weighted by Crippen LogP contribution is -2.66. The predicted octanol–water partition coefficient (Wildman–Crippen LogP) is 3.85. The summed E-state index contributed by atoms with van der Waals surface area (Å²) < 4.78 is 26.1. The summed E-state index contributed by atoms with van der Waals surface area (Å²) in [7, 11) is 0. The van der Waals surface area contributed by atoms with Gasteiger partial charge in [0, 0.05) is 55.2 Å². The first kappa shape index (κ1) is 26.3. The van der Waals surface area contributed by atoms with E-state index in [2.05, 4.69) is 25.5 Å². The molecule has 1 aromatic carbocycles. The second-order valence-corrected chi connectivity index (χ2v) is 12.5. The van der Waals surface area contributed by atoms with Crippen molar-refractivity contribution in [1.29, 1.82) is 0 Å². The van der Waals surface area contributed by atoms with Crippen LogP contribution >= 0.6 is 0 Å². The molecule has 3 aromatic heterocycles. The van der Waals surface area contributed by atoms with Crippen LogP contribution in [-0.2, 0) is 9.53 Å². The lowest BCUT2D eigenvalue weighted by atomic mass is 9.78. The predicted molar refractivity (Wildman–Crippen MR) is 155 cm³/mol. The number of benzene rings is 1. The number of carbonyl (C=O) groups is 2. The third kappa shape index (κ3) is 4.64. The highest BCUT2D eigenvalue weighted by molar-refractivity contribution is 6.09. The Morgan fingerprint density at radius 1 is 1.12 bits per heavy atom. The average Bonchev–Trinajstić information content (AvgIpc) is 3.33. The van der Waals surface area contributed by atoms with E-state index in [1.807, 2.05) is 43.5 Å². The first-order valence-corrected chi connectivity index (χ1v) is 14.8. The lowest BCUT2D eigenvalue weighted by molar-refractivity contribution is -0.134. The number of ether oxygens (including phenoxy) is 1. The zero-order valence-corrected chi connectivity index (χ0v) is 23.8. The Morgan fingerprint density at radius 3 is 2.63 bits per heavy atom. The number of rotatable bonds is 6. The van der Waals surface area contributed by atoms with Crippen LogP contribution in [0.5, 0.6) is 0 Å². The number of anilines is 2. The van der Waals surface area contributed by atoms with Crippen LogP contribution in [0.4, 0.5) is 15.8 Å². The average molecular weight is 586 g/mol. The van der Waals surface area contributed by atoms with Gasteiger partial charge in [0.15, 0.2) is 0 Å². The Kier molecular flexibility index (Phi) is 6.04. The van der Waals surface area contributed by atoms with Crippen molar-refractivity contribution in [1.82, 2.24) is 24.7 Å². The fraction of sp³-hybridized carbons (Fsp3) is 0.452. The minimum absolute atomic E-state index is 0.0414. The highest BCUT2D eigenvalue weighted by atomic mass is 19.1. The van der Waals surface area contributed by atoms with E-state index in [1.165, 1.54) is 0 Å². The maximum Gasteiger partial charge on any atom is 0.259 e. The standard InChI is InChI=1S/C31H32FN7O4/c1-18-2-3-20(27-35-29(43-36-27)19-4-7-37(8-5-19)30(41)22-12-24(22)32)10-25(18)34-28(40)23-13-33-39-9-6-21(11-26(23)39)38-14-31(15-38)16-42-17-31/h2-3,6,9-11,13,19,22,24H,4-5,7-8,12,14-17H2,1H3,(H,34,40)/t22-,24-/m0/s1. The van der Waals surface area contributed by atoms with Crippen molar-refractivity contribution >= 4 is 28.7 Å². The van der Waals surface area contributed by atoms with Crippen molar-refractivity contribution in [3.05, 3.63) is 59.7 Å². The van der Waals surface area contributed by atoms with Gasteiger partial charge in [-0.15, -0.1) is 0 Å². The number of nitrogens with zero attached hydrogens (tertiary/aromatic N) is 6. The Hall–Kier alpha value is -4.32. The Balaban J connectivity index is 0.955. The molecule has 1 N–H and O–H groups in total. The van der Waals surface area contributed by atoms with E-state index in [0.29, 0.717) is 60.7 Å². The first-order chi connectivity index (χ1) is 20.9. The van der Waals surface area contributed by atoms with Gasteiger partial charge in [0.25, 0.3) is 5.91 Å². The Morgan fingerprint density at radius 2 is 1.91 bits per heavy atom. The molecule has 3 aliphatic heterocycles. The smallest absolute Gasteiger partial charge is 0.259 e. The molecule has 222 valence electrons. The van der Waals surface area contributed by atoms with Gasteiger partial charge in [-0.2, -0.15) is 10.1 Å². The first-order valence-electron chi connectivity index (χ1n) is 14.8. The lowest BCUT2D eigenvalue weighted by Gasteiger charge is -2.56. The van der Waals surface area contributed by atoms with Gasteiger partial charge in [-0.3, -0.25) is 9.59 Å². The van der Waals surface area contributed by atoms with Crippen LogP contribution in [0.3, 0.4) is 0 Å². The maximum atomic E-state index is 13.5. The zero-order valence-electron chi connectivity index (χ0n) is 23.8. The number of hydrogen-bond donors (Lipinski definition) is 1. The van der Waals surface area contributed by atoms with Crippen LogP contribution in [0, 0.1) is 18.3 Å². The van der Waals surface area contributed by atoms with Gasteiger partial charge in [0.2, 0.25) is 17.6 Å². The summed E-state index contributed by atoms with van der Waals surface area (Å²) >= 11 is 0. The molecular weight excluding hydrogens is 553 g/mol. The zero-order chi connectivity index (χ0) is 29.3. The fourth-order valence-electron chi connectivity index (χ4n) is 6.47. The number of nitrogens with one attached hydrogen (secondary N) is 1. The number of alkyl halides is 1. The second kappa shape index (κ2) is 9.87. The number of aryl methyl sites for hydroxylation is 1. The van der Waals surface area contributed by atoms with E-state index in [0.717, 1.165) is 48.6 Å². The van der Waals surface area contributed by atoms with Gasteiger partial charge in [-0.25, -0.2) is 8.91 Å². The van der Waals surface area contributed by atoms with Crippen molar-refractivity contribution in [2.45, 2.75) is 38.3 Å². The van der Waals surface area contributed by atoms with Gasteiger partial charge >= 0.3 is 0 Å². The van der Waals surface area contributed by atoms with E-state index in [4.69, 9.17) is 9.26 Å². The van der Waals surface area contributed by atoms with Crippen molar-refractivity contribution in [3.63, 3.8) is 0 Å². The summed E-state index contributed by atoms with van der Waals surface area (Å²) in [6, 6.07) is 9.71. The molecule has 8 rings (SSSR count). The van der Waals surface area contributed by atoms with Gasteiger partial charge in [0.05, 0.1) is 41.8 Å². The molecule has 0 radical (unpaired) electrons. The topological polar surface area (TPSA) is 118 Å². The molecule has 6 heterocycles. The number of piperidine rings is 1. The Bertz CT molecular complexity index is 1730. The van der Waals surface area contributed by atoms with Crippen LogP contribution in [0.1, 0.15) is 47.0 Å². The van der Waals surface area contributed by atoms with E-state index < -0.39 is 12.1 Å². The summed E-state index contributed by atoms with van der Waals surface area (Å²) in [5.41, 5.74) is 4.87. The van der Waals surface area contributed by atoms with E-state index in [1.54, 1.807) is 15.6 Å². The minimum atomic E-state index is -0.980. The molecule has 12 heteroatoms. The molecule has 2 atom stereocenters. The highest BCUT2D eigenvalue weighted by Crippen LogP contribution is 2.41. The molecule has 1 saturated carbocycles.